The fourth-order valence-corrected chi connectivity index (χ4v) is 4.36. The molecule has 0 fully saturated rings. The van der Waals surface area contributed by atoms with Crippen LogP contribution in [-0.2, 0) is 0 Å². The second-order valence-corrected chi connectivity index (χ2v) is 7.82. The van der Waals surface area contributed by atoms with E-state index >= 15 is 0 Å². The van der Waals surface area contributed by atoms with Gasteiger partial charge < -0.3 is 10.3 Å². The summed E-state index contributed by atoms with van der Waals surface area (Å²) in [5, 5.41) is 4.96. The summed E-state index contributed by atoms with van der Waals surface area (Å²) in [5.74, 6) is -0.935. The maximum Gasteiger partial charge on any atom is 0.267 e. The Morgan fingerprint density at radius 1 is 1.23 bits per heavy atom. The van der Waals surface area contributed by atoms with Crippen molar-refractivity contribution in [2.45, 2.75) is 19.9 Å². The molecule has 0 spiro atoms. The van der Waals surface area contributed by atoms with Crippen LogP contribution in [0.4, 0.5) is 14.6 Å². The Morgan fingerprint density at radius 3 is 2.90 bits per heavy atom. The van der Waals surface area contributed by atoms with Crippen LogP contribution in [0.3, 0.4) is 0 Å². The number of aromatic nitrogens is 6. The van der Waals surface area contributed by atoms with Crippen molar-refractivity contribution in [2.75, 3.05) is 5.32 Å². The number of fused-ring (bicyclic) bond motifs is 2. The van der Waals surface area contributed by atoms with Crippen LogP contribution in [0.1, 0.15) is 24.4 Å². The van der Waals surface area contributed by atoms with Crippen molar-refractivity contribution in [3.05, 3.63) is 69.6 Å². The van der Waals surface area contributed by atoms with Gasteiger partial charge in [0.15, 0.2) is 16.4 Å². The number of rotatable bonds is 4. The Kier molecular flexibility index (Phi) is 4.47. The van der Waals surface area contributed by atoms with Crippen LogP contribution >= 0.6 is 11.3 Å². The zero-order chi connectivity index (χ0) is 21.7. The molecule has 8 nitrogen and oxygen atoms in total. The predicted octanol–water partition coefficient (Wildman–Crippen LogP) is 3.85. The van der Waals surface area contributed by atoms with E-state index in [1.165, 1.54) is 28.4 Å². The number of hydrogen-bond acceptors (Lipinski definition) is 7. The van der Waals surface area contributed by atoms with Crippen molar-refractivity contribution >= 4 is 33.3 Å². The lowest BCUT2D eigenvalue weighted by molar-refractivity contribution is 0.602. The maximum absolute atomic E-state index is 14.7. The molecule has 156 valence electrons. The number of benzene rings is 1. The molecule has 4 aromatic heterocycles. The number of imidazole rings is 1. The van der Waals surface area contributed by atoms with Gasteiger partial charge in [0.05, 0.1) is 23.6 Å². The van der Waals surface area contributed by atoms with Gasteiger partial charge in [0.25, 0.3) is 5.56 Å². The van der Waals surface area contributed by atoms with E-state index in [0.29, 0.717) is 27.6 Å². The predicted molar refractivity (Wildman–Crippen MR) is 113 cm³/mol. The SMILES string of the molecule is Cc1csc2nc(C(C)Nc3ncnc4[nH]cnc34)c(-c3cc(F)ccc3F)c(=O)n12. The van der Waals surface area contributed by atoms with Crippen LogP contribution in [-0.4, -0.2) is 29.3 Å². The van der Waals surface area contributed by atoms with Gasteiger partial charge in [-0.1, -0.05) is 0 Å². The molecule has 1 aromatic carbocycles. The number of nitrogens with one attached hydrogen (secondary N) is 2. The molecule has 0 aliphatic heterocycles. The smallest absolute Gasteiger partial charge is 0.267 e. The summed E-state index contributed by atoms with van der Waals surface area (Å²) in [4.78, 5) is 33.9. The summed E-state index contributed by atoms with van der Waals surface area (Å²) in [5.41, 5.74) is 1.37. The number of halogens is 2. The summed E-state index contributed by atoms with van der Waals surface area (Å²) >= 11 is 1.29. The Labute approximate surface area is 177 Å². The molecule has 0 radical (unpaired) electrons. The van der Waals surface area contributed by atoms with Crippen molar-refractivity contribution in [1.29, 1.82) is 0 Å². The van der Waals surface area contributed by atoms with Crippen molar-refractivity contribution in [3.8, 4) is 11.1 Å². The minimum Gasteiger partial charge on any atom is -0.360 e. The van der Waals surface area contributed by atoms with Gasteiger partial charge >= 0.3 is 0 Å². The van der Waals surface area contributed by atoms with Crippen LogP contribution in [0, 0.1) is 18.6 Å². The van der Waals surface area contributed by atoms with Gasteiger partial charge in [-0.25, -0.2) is 28.7 Å². The van der Waals surface area contributed by atoms with Gasteiger partial charge in [-0.15, -0.1) is 11.3 Å². The van der Waals surface area contributed by atoms with Crippen LogP contribution in [0.15, 0.2) is 41.0 Å². The first-order valence-electron chi connectivity index (χ1n) is 9.31. The molecule has 0 aliphatic carbocycles. The molecule has 0 aliphatic rings. The van der Waals surface area contributed by atoms with E-state index in [9.17, 15) is 13.6 Å². The third-order valence-corrected chi connectivity index (χ3v) is 5.89. The van der Waals surface area contributed by atoms with E-state index in [4.69, 9.17) is 0 Å². The molecule has 5 aromatic rings. The first-order valence-corrected chi connectivity index (χ1v) is 10.2. The molecule has 5 rings (SSSR count). The largest absolute Gasteiger partial charge is 0.360 e. The maximum atomic E-state index is 14.7. The second-order valence-electron chi connectivity index (χ2n) is 6.98. The molecule has 1 unspecified atom stereocenters. The number of H-pyrrole nitrogens is 1. The molecule has 0 bridgehead atoms. The summed E-state index contributed by atoms with van der Waals surface area (Å²) in [7, 11) is 0. The summed E-state index contributed by atoms with van der Waals surface area (Å²) in [6.45, 7) is 3.52. The number of anilines is 1. The Hall–Kier alpha value is -3.73. The first kappa shape index (κ1) is 19.2. The molecule has 0 saturated carbocycles. The van der Waals surface area contributed by atoms with Gasteiger partial charge in [0, 0.05) is 16.6 Å². The minimum absolute atomic E-state index is 0.0108. The molecular weight excluding hydrogens is 424 g/mol. The standard InChI is InChI=1S/C20H15F2N7OS/c1-9-6-31-20-28-15(10(2)27-18-16-17(24-7-23-16)25-8-26-18)14(19(30)29(9)20)12-5-11(21)3-4-13(12)22/h3-8,10H,1-2H3,(H2,23,24,25,26,27). The van der Waals surface area contributed by atoms with E-state index in [1.807, 2.05) is 0 Å². The molecule has 2 N–H and O–H groups in total. The third kappa shape index (κ3) is 3.13. The number of aromatic amines is 1. The zero-order valence-electron chi connectivity index (χ0n) is 16.3. The monoisotopic (exact) mass is 439 g/mol. The summed E-state index contributed by atoms with van der Waals surface area (Å²) in [6, 6.07) is 2.44. The lowest BCUT2D eigenvalue weighted by Gasteiger charge is -2.18. The van der Waals surface area contributed by atoms with E-state index < -0.39 is 23.2 Å². The average Bonchev–Trinajstić information content (AvgIpc) is 3.37. The van der Waals surface area contributed by atoms with Crippen molar-refractivity contribution in [1.82, 2.24) is 29.3 Å². The van der Waals surface area contributed by atoms with E-state index in [-0.39, 0.29) is 16.8 Å². The molecule has 1 atom stereocenters. The molecule has 31 heavy (non-hydrogen) atoms. The highest BCUT2D eigenvalue weighted by atomic mass is 32.1. The molecular formula is C20H15F2N7OS. The zero-order valence-corrected chi connectivity index (χ0v) is 17.2. The topological polar surface area (TPSA) is 101 Å². The Bertz CT molecular complexity index is 1510. The molecule has 11 heteroatoms. The molecule has 0 amide bonds. The van der Waals surface area contributed by atoms with Crippen LogP contribution in [0.25, 0.3) is 27.3 Å². The summed E-state index contributed by atoms with van der Waals surface area (Å²) in [6.07, 6.45) is 2.87. The Balaban J connectivity index is 1.73. The van der Waals surface area contributed by atoms with Gasteiger partial charge in [-0.3, -0.25) is 9.20 Å². The average molecular weight is 439 g/mol. The highest BCUT2D eigenvalue weighted by Crippen LogP contribution is 2.31. The normalized spacial score (nSPS) is 12.5. The number of nitrogens with zero attached hydrogens (tertiary/aromatic N) is 5. The van der Waals surface area contributed by atoms with Crippen LogP contribution in [0.5, 0.6) is 0 Å². The number of thiazole rings is 1. The van der Waals surface area contributed by atoms with Crippen LogP contribution in [0.2, 0.25) is 0 Å². The quantitative estimate of drug-likeness (QED) is 0.441. The first-order chi connectivity index (χ1) is 14.9. The summed E-state index contributed by atoms with van der Waals surface area (Å²) < 4.78 is 30.1. The third-order valence-electron chi connectivity index (χ3n) is 4.95. The van der Waals surface area contributed by atoms with Gasteiger partial charge in [0.2, 0.25) is 0 Å². The molecule has 0 saturated heterocycles. The lowest BCUT2D eigenvalue weighted by Crippen LogP contribution is -2.23. The van der Waals surface area contributed by atoms with Crippen molar-refractivity contribution < 1.29 is 8.78 Å². The fourth-order valence-electron chi connectivity index (χ4n) is 3.50. The van der Waals surface area contributed by atoms with Gasteiger partial charge in [-0.05, 0) is 32.0 Å². The van der Waals surface area contributed by atoms with Gasteiger partial charge in [0.1, 0.15) is 23.5 Å². The number of hydrogen-bond donors (Lipinski definition) is 2. The number of aryl methyl sites for hydroxylation is 1. The highest BCUT2D eigenvalue weighted by molar-refractivity contribution is 7.15. The second kappa shape index (κ2) is 7.20. The van der Waals surface area contributed by atoms with Crippen LogP contribution < -0.4 is 10.9 Å². The van der Waals surface area contributed by atoms with Gasteiger partial charge in [-0.2, -0.15) is 0 Å². The molecule has 4 heterocycles. The van der Waals surface area contributed by atoms with Crippen molar-refractivity contribution in [3.63, 3.8) is 0 Å². The van der Waals surface area contributed by atoms with Crippen molar-refractivity contribution in [2.24, 2.45) is 0 Å². The highest BCUT2D eigenvalue weighted by Gasteiger charge is 2.24. The fraction of sp³-hybridized carbons (Fsp3) is 0.150. The van der Waals surface area contributed by atoms with E-state index in [0.717, 1.165) is 18.2 Å². The van der Waals surface area contributed by atoms with E-state index in [1.54, 1.807) is 19.2 Å². The Morgan fingerprint density at radius 2 is 2.06 bits per heavy atom. The lowest BCUT2D eigenvalue weighted by atomic mass is 10.0. The minimum atomic E-state index is -0.710. The van der Waals surface area contributed by atoms with E-state index in [2.05, 4.69) is 30.2 Å².